The number of nitrogens with zero attached hydrogens (tertiary/aromatic N) is 2. The van der Waals surface area contributed by atoms with Crippen molar-refractivity contribution in [2.75, 3.05) is 11.5 Å². The van der Waals surface area contributed by atoms with E-state index in [2.05, 4.69) is 0 Å². The fourth-order valence-electron chi connectivity index (χ4n) is 3.53. The van der Waals surface area contributed by atoms with Crippen LogP contribution in [0.25, 0.3) is 16.6 Å². The molecule has 0 N–H and O–H groups in total. The molecule has 0 spiro atoms. The van der Waals surface area contributed by atoms with E-state index in [4.69, 9.17) is 4.98 Å². The molecule has 0 radical (unpaired) electrons. The highest BCUT2D eigenvalue weighted by molar-refractivity contribution is 8.02. The van der Waals surface area contributed by atoms with Crippen molar-refractivity contribution in [2.24, 2.45) is 0 Å². The summed E-state index contributed by atoms with van der Waals surface area (Å²) in [7, 11) is 0. The summed E-state index contributed by atoms with van der Waals surface area (Å²) in [5, 5.41) is 1.11. The minimum atomic E-state index is -4.36. The van der Waals surface area contributed by atoms with Gasteiger partial charge in [0.15, 0.2) is 5.16 Å². The Bertz CT molecular complexity index is 1370. The molecule has 170 valence electrons. The van der Waals surface area contributed by atoms with Gasteiger partial charge in [0.1, 0.15) is 0 Å². The first-order chi connectivity index (χ1) is 15.7. The lowest BCUT2D eigenvalue weighted by atomic mass is 10.1. The Hall–Kier alpha value is -2.71. The van der Waals surface area contributed by atoms with Crippen molar-refractivity contribution in [3.05, 3.63) is 93.8 Å². The summed E-state index contributed by atoms with van der Waals surface area (Å²) in [4.78, 5) is 18.7. The number of fused-ring (bicyclic) bond motifs is 1. The molecule has 0 atom stereocenters. The number of hydrogen-bond acceptors (Lipinski definition) is 4. The van der Waals surface area contributed by atoms with Crippen molar-refractivity contribution in [3.8, 4) is 5.69 Å². The predicted molar refractivity (Wildman–Crippen MR) is 130 cm³/mol. The summed E-state index contributed by atoms with van der Waals surface area (Å²) >= 11 is 2.77. The number of rotatable bonds is 6. The number of benzene rings is 3. The molecule has 0 fully saturated rings. The smallest absolute Gasteiger partial charge is 0.268 e. The van der Waals surface area contributed by atoms with Crippen LogP contribution < -0.4 is 5.56 Å². The highest BCUT2D eigenvalue weighted by Crippen LogP contribution is 2.32. The SMILES string of the molecule is Cc1ccc(-n2c(SCCSc3cccc(C(F)(F)F)c3)nc3ccccc3c2=O)c(C)c1. The van der Waals surface area contributed by atoms with E-state index in [0.29, 0.717) is 32.5 Å². The standard InChI is InChI=1S/C25H21F3N2OS2/c1-16-10-11-22(17(2)14-16)30-23(31)20-8-3-4-9-21(20)29-24(30)33-13-12-32-19-7-5-6-18(15-19)25(26,27)28/h3-11,14-15H,12-13H2,1-2H3. The van der Waals surface area contributed by atoms with Crippen molar-refractivity contribution < 1.29 is 13.2 Å². The maximum absolute atomic E-state index is 13.4. The molecule has 0 aliphatic rings. The van der Waals surface area contributed by atoms with Crippen LogP contribution in [0.4, 0.5) is 13.2 Å². The molecule has 4 rings (SSSR count). The topological polar surface area (TPSA) is 34.9 Å². The Labute approximate surface area is 198 Å². The molecule has 0 unspecified atom stereocenters. The highest BCUT2D eigenvalue weighted by atomic mass is 32.2. The molecule has 0 bridgehead atoms. The normalized spacial score (nSPS) is 11.8. The van der Waals surface area contributed by atoms with Gasteiger partial charge in [0.05, 0.1) is 22.2 Å². The Morgan fingerprint density at radius 3 is 2.42 bits per heavy atom. The Balaban J connectivity index is 1.60. The summed E-state index contributed by atoms with van der Waals surface area (Å²) in [6, 6.07) is 18.5. The van der Waals surface area contributed by atoms with E-state index in [1.165, 1.54) is 29.6 Å². The van der Waals surface area contributed by atoms with E-state index in [-0.39, 0.29) is 5.56 Å². The van der Waals surface area contributed by atoms with Gasteiger partial charge in [0, 0.05) is 16.4 Å². The molecule has 3 nitrogen and oxygen atoms in total. The summed E-state index contributed by atoms with van der Waals surface area (Å²) in [5.74, 6) is 1.15. The van der Waals surface area contributed by atoms with Gasteiger partial charge < -0.3 is 0 Å². The van der Waals surface area contributed by atoms with Crippen molar-refractivity contribution in [1.82, 2.24) is 9.55 Å². The number of para-hydroxylation sites is 1. The lowest BCUT2D eigenvalue weighted by Crippen LogP contribution is -2.22. The monoisotopic (exact) mass is 486 g/mol. The van der Waals surface area contributed by atoms with Gasteiger partial charge in [-0.05, 0) is 55.8 Å². The van der Waals surface area contributed by atoms with E-state index in [1.807, 2.05) is 50.2 Å². The second-order valence-corrected chi connectivity index (χ2v) is 9.79. The predicted octanol–water partition coefficient (Wildman–Crippen LogP) is 6.91. The second-order valence-electron chi connectivity index (χ2n) is 7.56. The molecular weight excluding hydrogens is 465 g/mol. The summed E-state index contributed by atoms with van der Waals surface area (Å²) < 4.78 is 40.5. The van der Waals surface area contributed by atoms with Crippen LogP contribution >= 0.6 is 23.5 Å². The molecule has 33 heavy (non-hydrogen) atoms. The first-order valence-electron chi connectivity index (χ1n) is 10.3. The van der Waals surface area contributed by atoms with Crippen LogP contribution in [0.5, 0.6) is 0 Å². The summed E-state index contributed by atoms with van der Waals surface area (Å²) in [6.45, 7) is 3.96. The molecule has 0 aliphatic carbocycles. The average molecular weight is 487 g/mol. The van der Waals surface area contributed by atoms with Gasteiger partial charge in [-0.25, -0.2) is 4.98 Å². The van der Waals surface area contributed by atoms with Crippen molar-refractivity contribution in [2.45, 2.75) is 30.1 Å². The molecule has 8 heteroatoms. The van der Waals surface area contributed by atoms with Crippen LogP contribution in [0.2, 0.25) is 0 Å². The first kappa shape index (κ1) is 23.4. The minimum absolute atomic E-state index is 0.138. The van der Waals surface area contributed by atoms with Crippen molar-refractivity contribution in [3.63, 3.8) is 0 Å². The van der Waals surface area contributed by atoms with Gasteiger partial charge in [-0.2, -0.15) is 13.2 Å². The molecule has 0 amide bonds. The molecule has 0 saturated carbocycles. The van der Waals surface area contributed by atoms with Gasteiger partial charge in [0.25, 0.3) is 5.56 Å². The third-order valence-corrected chi connectivity index (χ3v) is 7.28. The van der Waals surface area contributed by atoms with E-state index in [0.717, 1.165) is 28.9 Å². The van der Waals surface area contributed by atoms with E-state index >= 15 is 0 Å². The molecule has 0 saturated heterocycles. The van der Waals surface area contributed by atoms with Gasteiger partial charge in [-0.1, -0.05) is 47.7 Å². The summed E-state index contributed by atoms with van der Waals surface area (Å²) in [5.41, 5.74) is 2.67. The molecule has 0 aliphatic heterocycles. The Kier molecular flexibility index (Phi) is 6.86. The van der Waals surface area contributed by atoms with Gasteiger partial charge in [-0.3, -0.25) is 9.36 Å². The van der Waals surface area contributed by atoms with Crippen LogP contribution in [0.3, 0.4) is 0 Å². The highest BCUT2D eigenvalue weighted by Gasteiger charge is 2.30. The molecule has 1 aromatic heterocycles. The molecule has 1 heterocycles. The minimum Gasteiger partial charge on any atom is -0.268 e. The molecule has 4 aromatic rings. The number of thioether (sulfide) groups is 2. The molecule has 3 aromatic carbocycles. The third-order valence-electron chi connectivity index (χ3n) is 5.08. The fraction of sp³-hybridized carbons (Fsp3) is 0.200. The first-order valence-corrected chi connectivity index (χ1v) is 12.2. The molecular formula is C25H21F3N2OS2. The van der Waals surface area contributed by atoms with Crippen LogP contribution in [-0.4, -0.2) is 21.1 Å². The number of aryl methyl sites for hydroxylation is 2. The van der Waals surface area contributed by atoms with Crippen LogP contribution in [0.1, 0.15) is 16.7 Å². The maximum atomic E-state index is 13.4. The van der Waals surface area contributed by atoms with Crippen LogP contribution in [0, 0.1) is 13.8 Å². The van der Waals surface area contributed by atoms with Crippen molar-refractivity contribution in [1.29, 1.82) is 0 Å². The number of alkyl halides is 3. The van der Waals surface area contributed by atoms with E-state index in [1.54, 1.807) is 16.7 Å². The van der Waals surface area contributed by atoms with E-state index in [9.17, 15) is 18.0 Å². The van der Waals surface area contributed by atoms with Crippen LogP contribution in [-0.2, 0) is 6.18 Å². The lowest BCUT2D eigenvalue weighted by molar-refractivity contribution is -0.137. The van der Waals surface area contributed by atoms with Gasteiger partial charge >= 0.3 is 6.18 Å². The second kappa shape index (κ2) is 9.65. The zero-order valence-corrected chi connectivity index (χ0v) is 19.7. The fourth-order valence-corrected chi connectivity index (χ4v) is 5.48. The Morgan fingerprint density at radius 1 is 0.909 bits per heavy atom. The van der Waals surface area contributed by atoms with Gasteiger partial charge in [-0.15, -0.1) is 11.8 Å². The maximum Gasteiger partial charge on any atom is 0.416 e. The quantitative estimate of drug-likeness (QED) is 0.169. The number of aromatic nitrogens is 2. The van der Waals surface area contributed by atoms with Crippen LogP contribution in [0.15, 0.2) is 81.6 Å². The average Bonchev–Trinajstić information content (AvgIpc) is 2.77. The zero-order chi connectivity index (χ0) is 23.6. The third kappa shape index (κ3) is 5.28. The van der Waals surface area contributed by atoms with Gasteiger partial charge in [0.2, 0.25) is 0 Å². The summed E-state index contributed by atoms with van der Waals surface area (Å²) in [6.07, 6.45) is -4.36. The van der Waals surface area contributed by atoms with Crippen molar-refractivity contribution >= 4 is 34.4 Å². The number of halogens is 3. The zero-order valence-electron chi connectivity index (χ0n) is 18.0. The largest absolute Gasteiger partial charge is 0.416 e. The Morgan fingerprint density at radius 2 is 1.67 bits per heavy atom. The lowest BCUT2D eigenvalue weighted by Gasteiger charge is -2.15. The number of hydrogen-bond donors (Lipinski definition) is 0. The van der Waals surface area contributed by atoms with E-state index < -0.39 is 11.7 Å².